The van der Waals surface area contributed by atoms with E-state index in [0.717, 1.165) is 17.0 Å². The summed E-state index contributed by atoms with van der Waals surface area (Å²) in [7, 11) is 3.18. The zero-order valence-electron chi connectivity index (χ0n) is 14.6. The number of benzene rings is 1. The minimum Gasteiger partial charge on any atom is -0.478 e. The summed E-state index contributed by atoms with van der Waals surface area (Å²) < 4.78 is 1.90. The third kappa shape index (κ3) is 3.61. The molecule has 0 fully saturated rings. The molecule has 1 aromatic carbocycles. The maximum atomic E-state index is 12.0. The molecular weight excluding hydrogens is 318 g/mol. The van der Waals surface area contributed by atoms with Gasteiger partial charge in [0.1, 0.15) is 11.6 Å². The van der Waals surface area contributed by atoms with Crippen molar-refractivity contribution in [1.82, 2.24) is 9.47 Å². The van der Waals surface area contributed by atoms with E-state index < -0.39 is 5.97 Å². The molecule has 0 atom stereocenters. The molecule has 128 valence electrons. The minimum atomic E-state index is -0.993. The van der Waals surface area contributed by atoms with Crippen molar-refractivity contribution < 1.29 is 14.7 Å². The Bertz CT molecular complexity index is 914. The van der Waals surface area contributed by atoms with Crippen molar-refractivity contribution in [1.29, 1.82) is 5.26 Å². The van der Waals surface area contributed by atoms with Crippen LogP contribution in [0.3, 0.4) is 0 Å². The van der Waals surface area contributed by atoms with Crippen LogP contribution in [-0.4, -0.2) is 40.5 Å². The zero-order valence-corrected chi connectivity index (χ0v) is 14.6. The Kier molecular flexibility index (Phi) is 5.08. The molecule has 0 aliphatic carbocycles. The Balaban J connectivity index is 2.56. The van der Waals surface area contributed by atoms with Gasteiger partial charge in [-0.1, -0.05) is 6.07 Å². The monoisotopic (exact) mass is 337 g/mol. The highest BCUT2D eigenvalue weighted by atomic mass is 16.4. The highest BCUT2D eigenvalue weighted by Crippen LogP contribution is 2.23. The molecule has 1 amide bonds. The van der Waals surface area contributed by atoms with Crippen LogP contribution in [0.4, 0.5) is 0 Å². The molecule has 0 saturated carbocycles. The van der Waals surface area contributed by atoms with Crippen molar-refractivity contribution in [2.24, 2.45) is 0 Å². The maximum absolute atomic E-state index is 12.0. The quantitative estimate of drug-likeness (QED) is 0.686. The van der Waals surface area contributed by atoms with Crippen LogP contribution < -0.4 is 0 Å². The normalized spacial score (nSPS) is 11.1. The van der Waals surface area contributed by atoms with Crippen LogP contribution in [-0.2, 0) is 4.79 Å². The number of likely N-dealkylation sites (N-methyl/N-ethyl adjacent to an activating group) is 1. The second kappa shape index (κ2) is 7.05. The standard InChI is InChI=1S/C19H19N3O3/c1-12-8-15(9-16(11-20)18(23)21(3)4)13(2)22(12)17-7-5-6-14(10-17)19(24)25/h5-10H,1-4H3,(H,24,25)/b16-9-. The molecule has 0 spiro atoms. The van der Waals surface area contributed by atoms with Gasteiger partial charge in [0.25, 0.3) is 5.91 Å². The first-order chi connectivity index (χ1) is 11.8. The second-order valence-electron chi connectivity index (χ2n) is 5.89. The van der Waals surface area contributed by atoms with Gasteiger partial charge >= 0.3 is 5.97 Å². The Labute approximate surface area is 146 Å². The van der Waals surface area contributed by atoms with Gasteiger partial charge in [-0.05, 0) is 49.8 Å². The smallest absolute Gasteiger partial charge is 0.335 e. The average molecular weight is 337 g/mol. The lowest BCUT2D eigenvalue weighted by Crippen LogP contribution is -2.22. The van der Waals surface area contributed by atoms with Crippen molar-refractivity contribution in [3.63, 3.8) is 0 Å². The molecule has 25 heavy (non-hydrogen) atoms. The number of carbonyl (C=O) groups is 2. The van der Waals surface area contributed by atoms with Gasteiger partial charge in [-0.25, -0.2) is 4.79 Å². The number of nitrogens with zero attached hydrogens (tertiary/aromatic N) is 3. The number of aromatic carboxylic acids is 1. The van der Waals surface area contributed by atoms with Crippen molar-refractivity contribution >= 4 is 18.0 Å². The molecule has 0 bridgehead atoms. The van der Waals surface area contributed by atoms with Crippen LogP contribution in [0.2, 0.25) is 0 Å². The average Bonchev–Trinajstić information content (AvgIpc) is 2.85. The summed E-state index contributed by atoms with van der Waals surface area (Å²) in [6.45, 7) is 3.75. The third-order valence-corrected chi connectivity index (χ3v) is 3.88. The third-order valence-electron chi connectivity index (χ3n) is 3.88. The lowest BCUT2D eigenvalue weighted by molar-refractivity contribution is -0.124. The Hall–Kier alpha value is -3.33. The molecule has 0 saturated heterocycles. The number of rotatable bonds is 4. The largest absolute Gasteiger partial charge is 0.478 e. The van der Waals surface area contributed by atoms with Crippen molar-refractivity contribution in [2.45, 2.75) is 13.8 Å². The minimum absolute atomic E-state index is 0.0459. The van der Waals surface area contributed by atoms with Gasteiger partial charge in [0, 0.05) is 31.2 Å². The highest BCUT2D eigenvalue weighted by molar-refractivity contribution is 6.01. The van der Waals surface area contributed by atoms with E-state index in [1.165, 1.54) is 11.0 Å². The first-order valence-electron chi connectivity index (χ1n) is 7.62. The number of hydrogen-bond acceptors (Lipinski definition) is 3. The Morgan fingerprint density at radius 2 is 1.92 bits per heavy atom. The summed E-state index contributed by atoms with van der Waals surface area (Å²) >= 11 is 0. The summed E-state index contributed by atoms with van der Waals surface area (Å²) in [6.07, 6.45) is 1.56. The summed E-state index contributed by atoms with van der Waals surface area (Å²) in [5, 5.41) is 18.4. The summed E-state index contributed by atoms with van der Waals surface area (Å²) in [6, 6.07) is 10.4. The number of carboxylic acid groups (broad SMARTS) is 1. The number of aryl methyl sites for hydroxylation is 1. The summed E-state index contributed by atoms with van der Waals surface area (Å²) in [5.74, 6) is -1.35. The van der Waals surface area contributed by atoms with Crippen LogP contribution in [0.5, 0.6) is 0 Å². The van der Waals surface area contributed by atoms with Crippen molar-refractivity contribution in [3.05, 3.63) is 58.4 Å². The van der Waals surface area contributed by atoms with Gasteiger partial charge in [-0.15, -0.1) is 0 Å². The van der Waals surface area contributed by atoms with E-state index in [0.29, 0.717) is 5.69 Å². The van der Waals surface area contributed by atoms with E-state index in [2.05, 4.69) is 0 Å². The van der Waals surface area contributed by atoms with Crippen LogP contribution in [0, 0.1) is 25.2 Å². The lowest BCUT2D eigenvalue weighted by atomic mass is 10.1. The van der Waals surface area contributed by atoms with E-state index in [4.69, 9.17) is 5.11 Å². The number of nitriles is 1. The molecule has 0 unspecified atom stereocenters. The first kappa shape index (κ1) is 18.0. The van der Waals surface area contributed by atoms with Crippen LogP contribution in [0.1, 0.15) is 27.3 Å². The molecule has 2 rings (SSSR count). The van der Waals surface area contributed by atoms with Gasteiger partial charge in [0.05, 0.1) is 5.56 Å². The molecule has 1 N–H and O–H groups in total. The number of carboxylic acids is 1. The molecule has 0 radical (unpaired) electrons. The van der Waals surface area contributed by atoms with E-state index in [1.807, 2.05) is 36.6 Å². The van der Waals surface area contributed by atoms with Gasteiger partial charge in [-0.2, -0.15) is 5.26 Å². The van der Waals surface area contributed by atoms with Gasteiger partial charge < -0.3 is 14.6 Å². The fourth-order valence-electron chi connectivity index (χ4n) is 2.65. The molecule has 6 nitrogen and oxygen atoms in total. The number of aromatic nitrogens is 1. The summed E-state index contributed by atoms with van der Waals surface area (Å²) in [5.41, 5.74) is 3.39. The molecule has 2 aromatic rings. The molecule has 1 aromatic heterocycles. The second-order valence-corrected chi connectivity index (χ2v) is 5.89. The topological polar surface area (TPSA) is 86.3 Å². The van der Waals surface area contributed by atoms with Gasteiger partial charge in [0.15, 0.2) is 0 Å². The van der Waals surface area contributed by atoms with Crippen molar-refractivity contribution in [2.75, 3.05) is 14.1 Å². The van der Waals surface area contributed by atoms with Crippen LogP contribution in [0.15, 0.2) is 35.9 Å². The first-order valence-corrected chi connectivity index (χ1v) is 7.62. The fourth-order valence-corrected chi connectivity index (χ4v) is 2.65. The van der Waals surface area contributed by atoms with Crippen LogP contribution >= 0.6 is 0 Å². The zero-order chi connectivity index (χ0) is 18.7. The molecule has 0 aliphatic heterocycles. The van der Waals surface area contributed by atoms with Crippen molar-refractivity contribution in [3.8, 4) is 11.8 Å². The summed E-state index contributed by atoms with van der Waals surface area (Å²) in [4.78, 5) is 24.6. The fraction of sp³-hybridized carbons (Fsp3) is 0.211. The predicted molar refractivity (Wildman–Crippen MR) is 94.5 cm³/mol. The Morgan fingerprint density at radius 3 is 2.48 bits per heavy atom. The number of carbonyl (C=O) groups excluding carboxylic acids is 1. The van der Waals surface area contributed by atoms with Gasteiger partial charge in [-0.3, -0.25) is 4.79 Å². The number of hydrogen-bond donors (Lipinski definition) is 1. The number of amides is 1. The van der Waals surface area contributed by atoms with E-state index in [9.17, 15) is 14.9 Å². The van der Waals surface area contributed by atoms with Crippen LogP contribution in [0.25, 0.3) is 11.8 Å². The lowest BCUT2D eigenvalue weighted by Gasteiger charge is -2.11. The predicted octanol–water partition coefficient (Wildman–Crippen LogP) is 2.79. The van der Waals surface area contributed by atoms with E-state index in [1.54, 1.807) is 32.3 Å². The SMILES string of the molecule is Cc1cc(/C=C(/C#N)C(=O)N(C)C)c(C)n1-c1cccc(C(=O)O)c1. The highest BCUT2D eigenvalue weighted by Gasteiger charge is 2.15. The van der Waals surface area contributed by atoms with Gasteiger partial charge in [0.2, 0.25) is 0 Å². The van der Waals surface area contributed by atoms with E-state index >= 15 is 0 Å². The molecule has 1 heterocycles. The van der Waals surface area contributed by atoms with E-state index in [-0.39, 0.29) is 17.0 Å². The molecular formula is C19H19N3O3. The molecule has 0 aliphatic rings. The maximum Gasteiger partial charge on any atom is 0.335 e. The molecule has 6 heteroatoms. The Morgan fingerprint density at radius 1 is 1.24 bits per heavy atom.